The molecule has 2 aromatic heterocycles. The first-order chi connectivity index (χ1) is 18.3. The van der Waals surface area contributed by atoms with Gasteiger partial charge < -0.3 is 21.7 Å². The topological polar surface area (TPSA) is 178 Å². The largest absolute Gasteiger partial charge is 0.398 e. The highest BCUT2D eigenvalue weighted by Crippen LogP contribution is 2.26. The van der Waals surface area contributed by atoms with Crippen LogP contribution in [-0.4, -0.2) is 66.7 Å². The predicted octanol–water partition coefficient (Wildman–Crippen LogP) is 1.68. The van der Waals surface area contributed by atoms with Gasteiger partial charge >= 0.3 is 0 Å². The third-order valence-electron chi connectivity index (χ3n) is 5.40. The van der Waals surface area contributed by atoms with Crippen LogP contribution in [0.5, 0.6) is 0 Å². The van der Waals surface area contributed by atoms with Crippen molar-refractivity contribution in [2.24, 2.45) is 10.7 Å². The number of aromatic nitrogens is 2. The first kappa shape index (κ1) is 29.3. The Bertz CT molecular complexity index is 1550. The summed E-state index contributed by atoms with van der Waals surface area (Å²) in [4.78, 5) is 45.1. The van der Waals surface area contributed by atoms with Crippen molar-refractivity contribution in [3.8, 4) is 11.3 Å². The van der Waals surface area contributed by atoms with Gasteiger partial charge in [0.05, 0.1) is 24.1 Å². The third kappa shape index (κ3) is 7.85. The molecule has 0 aliphatic carbocycles. The van der Waals surface area contributed by atoms with Gasteiger partial charge in [0, 0.05) is 42.3 Å². The zero-order chi connectivity index (χ0) is 28.8. The summed E-state index contributed by atoms with van der Waals surface area (Å²) in [5.74, 6) is -1.30. The molecule has 39 heavy (non-hydrogen) atoms. The van der Waals surface area contributed by atoms with Crippen molar-refractivity contribution in [2.45, 2.75) is 19.4 Å². The number of nitrogens with zero attached hydrogens (tertiary/aromatic N) is 3. The number of allylic oxidation sites excluding steroid dienone is 1. The Kier molecular flexibility index (Phi) is 9.04. The minimum Gasteiger partial charge on any atom is -0.398 e. The second-order valence-corrected chi connectivity index (χ2v) is 11.6. The molecule has 0 aliphatic rings. The Morgan fingerprint density at radius 1 is 1.21 bits per heavy atom. The summed E-state index contributed by atoms with van der Waals surface area (Å²) in [6.07, 6.45) is 6.54. The molecular weight excluding hydrogens is 542 g/mol. The van der Waals surface area contributed by atoms with E-state index in [1.165, 1.54) is 36.0 Å². The second kappa shape index (κ2) is 12.0. The summed E-state index contributed by atoms with van der Waals surface area (Å²) < 4.78 is 24.0. The molecule has 12 nitrogen and oxygen atoms in total. The molecule has 206 valence electrons. The van der Waals surface area contributed by atoms with Gasteiger partial charge in [0.2, 0.25) is 21.8 Å². The SMILES string of the molecule is CNC(=O)C(C)(C)N=C/C=C(\N)c1cccc(-c2csc(NC(=O)CNC(=O)c3ccn(S(C)(=O)=O)c3)n2)c1. The van der Waals surface area contributed by atoms with Gasteiger partial charge in [0.1, 0.15) is 5.54 Å². The van der Waals surface area contributed by atoms with E-state index in [1.54, 1.807) is 32.4 Å². The van der Waals surface area contributed by atoms with Crippen LogP contribution < -0.4 is 21.7 Å². The maximum absolute atomic E-state index is 12.3. The molecule has 0 radical (unpaired) electrons. The number of nitrogens with two attached hydrogens (primary N) is 1. The fourth-order valence-corrected chi connectivity index (χ4v) is 4.55. The summed E-state index contributed by atoms with van der Waals surface area (Å²) in [7, 11) is -1.96. The molecule has 1 aromatic carbocycles. The molecule has 0 fully saturated rings. The van der Waals surface area contributed by atoms with Gasteiger partial charge in [-0.3, -0.25) is 23.3 Å². The molecule has 0 bridgehead atoms. The smallest absolute Gasteiger partial charge is 0.253 e. The lowest BCUT2D eigenvalue weighted by molar-refractivity contribution is -0.124. The van der Waals surface area contributed by atoms with E-state index in [-0.39, 0.29) is 18.0 Å². The van der Waals surface area contributed by atoms with E-state index in [4.69, 9.17) is 5.73 Å². The van der Waals surface area contributed by atoms with Gasteiger partial charge in [-0.1, -0.05) is 18.2 Å². The number of thiazole rings is 1. The highest BCUT2D eigenvalue weighted by Gasteiger charge is 2.24. The fraction of sp³-hybridized carbons (Fsp3) is 0.240. The fourth-order valence-electron chi connectivity index (χ4n) is 3.23. The lowest BCUT2D eigenvalue weighted by Crippen LogP contribution is -2.38. The predicted molar refractivity (Wildman–Crippen MR) is 152 cm³/mol. The Labute approximate surface area is 230 Å². The van der Waals surface area contributed by atoms with Crippen LogP contribution in [0.15, 0.2) is 59.2 Å². The van der Waals surface area contributed by atoms with E-state index < -0.39 is 27.4 Å². The maximum atomic E-state index is 12.3. The Balaban J connectivity index is 1.61. The summed E-state index contributed by atoms with van der Waals surface area (Å²) in [6.45, 7) is 3.06. The van der Waals surface area contributed by atoms with Crippen LogP contribution in [0.25, 0.3) is 17.0 Å². The normalized spacial score (nSPS) is 12.4. The standard InChI is InChI=1S/C25H29N7O5S2/c1-25(2,23(35)27-3)29-10-8-19(26)16-6-5-7-17(12-16)20-15-38-24(30-20)31-21(33)13-28-22(34)18-9-11-32(14-18)39(4,36)37/h5-12,14-15H,13,26H2,1-4H3,(H,27,35)(H,28,34)(H,30,31,33)/b19-8-,29-10?. The van der Waals surface area contributed by atoms with Gasteiger partial charge in [-0.2, -0.15) is 0 Å². The Hall–Kier alpha value is -4.30. The van der Waals surface area contributed by atoms with Crippen LogP contribution >= 0.6 is 11.3 Å². The van der Waals surface area contributed by atoms with Crippen molar-refractivity contribution >= 4 is 56.1 Å². The molecular formula is C25H29N7O5S2. The number of aliphatic imine (C=N–C) groups is 1. The molecule has 5 N–H and O–H groups in total. The molecule has 14 heteroatoms. The lowest BCUT2D eigenvalue weighted by atomic mass is 10.1. The van der Waals surface area contributed by atoms with E-state index >= 15 is 0 Å². The quantitative estimate of drug-likeness (QED) is 0.267. The van der Waals surface area contributed by atoms with Crippen LogP contribution in [0.1, 0.15) is 29.8 Å². The molecule has 3 rings (SSSR count). The number of rotatable bonds is 10. The first-order valence-electron chi connectivity index (χ1n) is 11.6. The van der Waals surface area contributed by atoms with Crippen LogP contribution in [0.2, 0.25) is 0 Å². The maximum Gasteiger partial charge on any atom is 0.253 e. The van der Waals surface area contributed by atoms with Gasteiger partial charge in [-0.15, -0.1) is 11.3 Å². The van der Waals surface area contributed by atoms with Crippen molar-refractivity contribution in [1.82, 2.24) is 19.6 Å². The number of hydrogen-bond donors (Lipinski definition) is 4. The molecule has 0 unspecified atom stereocenters. The van der Waals surface area contributed by atoms with Gasteiger partial charge in [-0.05, 0) is 37.6 Å². The van der Waals surface area contributed by atoms with Crippen molar-refractivity contribution < 1.29 is 22.8 Å². The molecule has 0 saturated heterocycles. The molecule has 0 spiro atoms. The number of hydrogen-bond acceptors (Lipinski definition) is 9. The third-order valence-corrected chi connectivity index (χ3v) is 7.15. The van der Waals surface area contributed by atoms with E-state index in [1.807, 2.05) is 24.3 Å². The van der Waals surface area contributed by atoms with Crippen molar-refractivity contribution in [3.63, 3.8) is 0 Å². The number of amides is 3. The minimum absolute atomic E-state index is 0.111. The summed E-state index contributed by atoms with van der Waals surface area (Å²) >= 11 is 1.21. The van der Waals surface area contributed by atoms with Crippen LogP contribution in [-0.2, 0) is 19.6 Å². The molecule has 0 atom stereocenters. The number of likely N-dealkylation sites (N-methyl/N-ethyl adjacent to an activating group) is 1. The number of carbonyl (C=O) groups excluding carboxylic acids is 3. The molecule has 0 saturated carbocycles. The van der Waals surface area contributed by atoms with E-state index in [9.17, 15) is 22.8 Å². The number of anilines is 1. The van der Waals surface area contributed by atoms with Crippen molar-refractivity contribution in [1.29, 1.82) is 0 Å². The monoisotopic (exact) mass is 571 g/mol. The Morgan fingerprint density at radius 2 is 1.95 bits per heavy atom. The number of benzene rings is 1. The van der Waals surface area contributed by atoms with Crippen LogP contribution in [0, 0.1) is 0 Å². The highest BCUT2D eigenvalue weighted by atomic mass is 32.2. The average Bonchev–Trinajstić information content (AvgIpc) is 3.57. The number of nitrogens with one attached hydrogen (secondary N) is 3. The van der Waals surface area contributed by atoms with Gasteiger partial charge in [0.25, 0.3) is 5.91 Å². The summed E-state index contributed by atoms with van der Waals surface area (Å²) in [5.41, 5.74) is 7.94. The Morgan fingerprint density at radius 3 is 2.62 bits per heavy atom. The molecule has 3 amide bonds. The molecule has 0 aliphatic heterocycles. The van der Waals surface area contributed by atoms with E-state index in [0.29, 0.717) is 16.5 Å². The summed E-state index contributed by atoms with van der Waals surface area (Å²) in [5, 5.41) is 9.74. The van der Waals surface area contributed by atoms with E-state index in [2.05, 4.69) is 25.9 Å². The lowest BCUT2D eigenvalue weighted by Gasteiger charge is -2.16. The van der Waals surface area contributed by atoms with Crippen molar-refractivity contribution in [2.75, 3.05) is 25.2 Å². The van der Waals surface area contributed by atoms with Gasteiger partial charge in [-0.25, -0.2) is 13.4 Å². The van der Waals surface area contributed by atoms with Gasteiger partial charge in [0.15, 0.2) is 5.13 Å². The zero-order valence-electron chi connectivity index (χ0n) is 21.8. The van der Waals surface area contributed by atoms with E-state index in [0.717, 1.165) is 21.4 Å². The van der Waals surface area contributed by atoms with Crippen LogP contribution in [0.4, 0.5) is 5.13 Å². The van der Waals surface area contributed by atoms with Crippen molar-refractivity contribution in [3.05, 3.63) is 65.3 Å². The molecule has 2 heterocycles. The second-order valence-electron chi connectivity index (χ2n) is 8.88. The minimum atomic E-state index is -3.51. The zero-order valence-corrected chi connectivity index (χ0v) is 23.4. The molecule has 3 aromatic rings. The average molecular weight is 572 g/mol. The first-order valence-corrected chi connectivity index (χ1v) is 14.3. The highest BCUT2D eigenvalue weighted by molar-refractivity contribution is 7.89. The van der Waals surface area contributed by atoms with Crippen LogP contribution in [0.3, 0.4) is 0 Å². The number of carbonyl (C=O) groups is 3. The summed E-state index contributed by atoms with van der Waals surface area (Å²) in [6, 6.07) is 8.68.